The van der Waals surface area contributed by atoms with Gasteiger partial charge in [0.25, 0.3) is 0 Å². The molecule has 0 unspecified atom stereocenters. The first-order chi connectivity index (χ1) is 18.3. The molecule has 1 aliphatic heterocycles. The van der Waals surface area contributed by atoms with Gasteiger partial charge in [0.05, 0.1) is 10.7 Å². The zero-order valence-electron chi connectivity index (χ0n) is 24.0. The Morgan fingerprint density at radius 2 is 1.38 bits per heavy atom. The van der Waals surface area contributed by atoms with E-state index in [4.69, 9.17) is 9.47 Å². The molecular formula is C33H38INO4. The molecule has 0 fully saturated rings. The number of halogens is 1. The van der Waals surface area contributed by atoms with Crippen molar-refractivity contribution in [1.29, 1.82) is 0 Å². The average molecular weight is 640 g/mol. The summed E-state index contributed by atoms with van der Waals surface area (Å²) in [5.41, 5.74) is 7.56. The van der Waals surface area contributed by atoms with E-state index in [9.17, 15) is 9.59 Å². The Labute approximate surface area is 245 Å². The molecule has 1 heterocycles. The fourth-order valence-electron chi connectivity index (χ4n) is 6.58. The third kappa shape index (κ3) is 5.54. The highest BCUT2D eigenvalue weighted by Gasteiger charge is 2.46. The lowest BCUT2D eigenvalue weighted by Gasteiger charge is -2.44. The van der Waals surface area contributed by atoms with Gasteiger partial charge in [0.15, 0.2) is 23.1 Å². The van der Waals surface area contributed by atoms with E-state index in [2.05, 4.69) is 93.7 Å². The maximum atomic E-state index is 13.7. The van der Waals surface area contributed by atoms with Gasteiger partial charge in [0.2, 0.25) is 0 Å². The quantitative estimate of drug-likeness (QED) is 0.344. The highest BCUT2D eigenvalue weighted by atomic mass is 127. The third-order valence-electron chi connectivity index (χ3n) is 7.97. The van der Waals surface area contributed by atoms with Gasteiger partial charge in [-0.05, 0) is 83.4 Å². The van der Waals surface area contributed by atoms with Crippen LogP contribution in [0.5, 0.6) is 11.5 Å². The van der Waals surface area contributed by atoms with E-state index in [1.165, 1.54) is 11.1 Å². The summed E-state index contributed by atoms with van der Waals surface area (Å²) in [4.78, 5) is 27.3. The minimum atomic E-state index is -0.403. The second kappa shape index (κ2) is 10.1. The normalized spacial score (nSPS) is 20.4. The molecule has 0 saturated heterocycles. The molecule has 1 N–H and O–H groups in total. The van der Waals surface area contributed by atoms with Crippen LogP contribution in [0.2, 0.25) is 0 Å². The Morgan fingerprint density at radius 1 is 0.846 bits per heavy atom. The van der Waals surface area contributed by atoms with E-state index in [-0.39, 0.29) is 22.4 Å². The van der Waals surface area contributed by atoms with Crippen LogP contribution >= 0.6 is 22.6 Å². The number of dihydropyridines is 1. The molecule has 0 aromatic heterocycles. The molecule has 0 saturated carbocycles. The summed E-state index contributed by atoms with van der Waals surface area (Å²) in [5, 5.41) is 3.59. The molecule has 0 bridgehead atoms. The molecule has 39 heavy (non-hydrogen) atoms. The van der Waals surface area contributed by atoms with Gasteiger partial charge in [-0.2, -0.15) is 0 Å². The van der Waals surface area contributed by atoms with Crippen LogP contribution in [0.25, 0.3) is 0 Å². The number of carbonyl (C=O) groups is 2. The van der Waals surface area contributed by atoms with Crippen LogP contribution < -0.4 is 14.8 Å². The lowest BCUT2D eigenvalue weighted by atomic mass is 9.64. The Morgan fingerprint density at radius 3 is 1.90 bits per heavy atom. The maximum absolute atomic E-state index is 13.7. The molecule has 0 atom stereocenters. The standard InChI is InChI=1S/C33H38INO4/c1-18-8-19(2)10-20(9-18)17-39-31-22(34)11-21(12-27(31)38-7)28-29-23(13-32(3,4)15-25(29)36)35-24-14-33(5,6)16-26(37)30(24)28/h8-12,28,35H,13-17H2,1-7H3. The summed E-state index contributed by atoms with van der Waals surface area (Å²) < 4.78 is 13.0. The van der Waals surface area contributed by atoms with Crippen LogP contribution in [0.15, 0.2) is 52.9 Å². The maximum Gasteiger partial charge on any atom is 0.174 e. The van der Waals surface area contributed by atoms with Gasteiger partial charge in [0.1, 0.15) is 6.61 Å². The summed E-state index contributed by atoms with van der Waals surface area (Å²) in [5.74, 6) is 1.11. The molecule has 2 aromatic carbocycles. The Balaban J connectivity index is 1.59. The van der Waals surface area contributed by atoms with Crippen LogP contribution in [0.4, 0.5) is 0 Å². The number of aryl methyl sites for hydroxylation is 2. The molecule has 0 amide bonds. The number of hydrogen-bond donors (Lipinski definition) is 1. The predicted octanol–water partition coefficient (Wildman–Crippen LogP) is 7.47. The van der Waals surface area contributed by atoms with Crippen LogP contribution in [0.3, 0.4) is 0 Å². The number of hydrogen-bond acceptors (Lipinski definition) is 5. The fourth-order valence-corrected chi connectivity index (χ4v) is 7.36. The smallest absolute Gasteiger partial charge is 0.174 e. The largest absolute Gasteiger partial charge is 0.493 e. The summed E-state index contributed by atoms with van der Waals surface area (Å²) in [6, 6.07) is 10.4. The first-order valence-corrected chi connectivity index (χ1v) is 14.7. The minimum Gasteiger partial charge on any atom is -0.493 e. The monoisotopic (exact) mass is 639 g/mol. The van der Waals surface area contributed by atoms with Crippen LogP contribution in [0, 0.1) is 28.2 Å². The lowest BCUT2D eigenvalue weighted by molar-refractivity contribution is -0.119. The van der Waals surface area contributed by atoms with Gasteiger partial charge in [-0.15, -0.1) is 0 Å². The number of methoxy groups -OCH3 is 1. The molecule has 3 aliphatic rings. The van der Waals surface area contributed by atoms with Gasteiger partial charge < -0.3 is 14.8 Å². The van der Waals surface area contributed by atoms with Gasteiger partial charge >= 0.3 is 0 Å². The molecule has 206 valence electrons. The molecule has 0 radical (unpaired) electrons. The Bertz CT molecular complexity index is 1370. The van der Waals surface area contributed by atoms with E-state index in [0.717, 1.165) is 50.1 Å². The highest BCUT2D eigenvalue weighted by Crippen LogP contribution is 2.52. The van der Waals surface area contributed by atoms with E-state index < -0.39 is 5.92 Å². The molecule has 5 rings (SSSR count). The van der Waals surface area contributed by atoms with Crippen molar-refractivity contribution in [1.82, 2.24) is 5.32 Å². The Hall–Kier alpha value is -2.61. The zero-order valence-corrected chi connectivity index (χ0v) is 26.2. The Kier molecular flexibility index (Phi) is 7.23. The molecule has 5 nitrogen and oxygen atoms in total. The van der Waals surface area contributed by atoms with E-state index in [0.29, 0.717) is 30.9 Å². The average Bonchev–Trinajstić information content (AvgIpc) is 2.79. The van der Waals surface area contributed by atoms with Gasteiger partial charge in [-0.1, -0.05) is 57.0 Å². The van der Waals surface area contributed by atoms with E-state index >= 15 is 0 Å². The number of ketones is 2. The minimum absolute atomic E-state index is 0.118. The molecule has 6 heteroatoms. The third-order valence-corrected chi connectivity index (χ3v) is 8.77. The SMILES string of the molecule is COc1cc(C2C3=C(CC(C)(C)CC3=O)NC3=C2C(=O)CC(C)(C)C3)cc(I)c1OCc1cc(C)cc(C)c1. The van der Waals surface area contributed by atoms with Crippen molar-refractivity contribution in [3.05, 3.63) is 78.7 Å². The number of Topliss-reactive ketones (excluding diaryl/α,β-unsaturated/α-hetero) is 2. The second-order valence-corrected chi connectivity index (χ2v) is 14.2. The first-order valence-electron chi connectivity index (χ1n) is 13.6. The van der Waals surface area contributed by atoms with Crippen molar-refractivity contribution in [3.8, 4) is 11.5 Å². The molecule has 0 spiro atoms. The van der Waals surface area contributed by atoms with Crippen molar-refractivity contribution in [2.45, 2.75) is 79.8 Å². The van der Waals surface area contributed by atoms with Gasteiger partial charge in [0, 0.05) is 41.3 Å². The second-order valence-electron chi connectivity index (χ2n) is 13.0. The van der Waals surface area contributed by atoms with Crippen molar-refractivity contribution in [2.24, 2.45) is 10.8 Å². The summed E-state index contributed by atoms with van der Waals surface area (Å²) in [6.45, 7) is 13.1. The molecule has 2 aromatic rings. The van der Waals surface area contributed by atoms with Gasteiger partial charge in [-0.25, -0.2) is 0 Å². The fraction of sp³-hybridized carbons (Fsp3) is 0.455. The zero-order chi connectivity index (χ0) is 28.3. The lowest BCUT2D eigenvalue weighted by Crippen LogP contribution is -2.42. The predicted molar refractivity (Wildman–Crippen MR) is 162 cm³/mol. The van der Waals surface area contributed by atoms with Crippen molar-refractivity contribution in [2.75, 3.05) is 7.11 Å². The first kappa shape index (κ1) is 27.9. The topological polar surface area (TPSA) is 64.6 Å². The molecular weight excluding hydrogens is 601 g/mol. The number of allylic oxidation sites excluding steroid dienone is 4. The summed E-state index contributed by atoms with van der Waals surface area (Å²) in [7, 11) is 1.64. The van der Waals surface area contributed by atoms with Crippen LogP contribution in [-0.4, -0.2) is 18.7 Å². The number of ether oxygens (including phenoxy) is 2. The van der Waals surface area contributed by atoms with Crippen molar-refractivity contribution >= 4 is 34.2 Å². The summed E-state index contributed by atoms with van der Waals surface area (Å²) in [6.07, 6.45) is 2.50. The number of nitrogens with one attached hydrogen (secondary N) is 1. The number of benzene rings is 2. The van der Waals surface area contributed by atoms with Crippen LogP contribution in [0.1, 0.15) is 81.5 Å². The number of rotatable bonds is 5. The van der Waals surface area contributed by atoms with Crippen LogP contribution in [-0.2, 0) is 16.2 Å². The van der Waals surface area contributed by atoms with Crippen molar-refractivity contribution < 1.29 is 19.1 Å². The van der Waals surface area contributed by atoms with Gasteiger partial charge in [-0.3, -0.25) is 9.59 Å². The molecule has 2 aliphatic carbocycles. The van der Waals surface area contributed by atoms with Crippen molar-refractivity contribution in [3.63, 3.8) is 0 Å². The summed E-state index contributed by atoms with van der Waals surface area (Å²) >= 11 is 2.28. The van der Waals surface area contributed by atoms with E-state index in [1.807, 2.05) is 6.07 Å². The number of carbonyl (C=O) groups excluding carboxylic acids is 2. The van der Waals surface area contributed by atoms with E-state index in [1.54, 1.807) is 7.11 Å². The highest BCUT2D eigenvalue weighted by molar-refractivity contribution is 14.1.